The highest BCUT2D eigenvalue weighted by molar-refractivity contribution is 6.04. The lowest BCUT2D eigenvalue weighted by atomic mass is 10.00. The van der Waals surface area contributed by atoms with Crippen LogP contribution in [-0.2, 0) is 9.59 Å². The highest BCUT2D eigenvalue weighted by Gasteiger charge is 2.42. The number of amides is 2. The Labute approximate surface area is 118 Å². The summed E-state index contributed by atoms with van der Waals surface area (Å²) in [7, 11) is 1.52. The van der Waals surface area contributed by atoms with Crippen molar-refractivity contribution in [3.05, 3.63) is 29.8 Å². The Morgan fingerprint density at radius 3 is 2.30 bits per heavy atom. The fourth-order valence-corrected chi connectivity index (χ4v) is 2.42. The molecule has 1 aliphatic rings. The minimum atomic E-state index is -0.948. The van der Waals surface area contributed by atoms with Crippen LogP contribution >= 0.6 is 0 Å². The highest BCUT2D eigenvalue weighted by Crippen LogP contribution is 2.30. The zero-order chi connectivity index (χ0) is 14.9. The van der Waals surface area contributed by atoms with Crippen LogP contribution in [0.25, 0.3) is 0 Å². The Hall–Kier alpha value is -1.88. The standard InChI is InChI=1S/C15H19NO4/c1-9-10(2)15(19)16(14(9)18)8-12(17)11-6-4-5-7-13(11)20-3/h4-7,9-10,12,17H,8H2,1-3H3. The van der Waals surface area contributed by atoms with Crippen LogP contribution in [0.3, 0.4) is 0 Å². The lowest BCUT2D eigenvalue weighted by molar-refractivity contribution is -0.141. The fourth-order valence-electron chi connectivity index (χ4n) is 2.42. The Balaban J connectivity index is 2.18. The molecule has 0 aliphatic carbocycles. The second-order valence-electron chi connectivity index (χ2n) is 5.12. The van der Waals surface area contributed by atoms with Crippen molar-refractivity contribution in [1.82, 2.24) is 4.90 Å². The Kier molecular flexibility index (Phi) is 4.09. The second-order valence-corrected chi connectivity index (χ2v) is 5.12. The molecule has 0 saturated carbocycles. The summed E-state index contributed by atoms with van der Waals surface area (Å²) in [6, 6.07) is 7.03. The van der Waals surface area contributed by atoms with Crippen molar-refractivity contribution in [2.75, 3.05) is 13.7 Å². The number of hydrogen-bond donors (Lipinski definition) is 1. The zero-order valence-corrected chi connectivity index (χ0v) is 11.9. The van der Waals surface area contributed by atoms with E-state index in [0.29, 0.717) is 11.3 Å². The molecule has 108 valence electrons. The van der Waals surface area contributed by atoms with Gasteiger partial charge < -0.3 is 9.84 Å². The summed E-state index contributed by atoms with van der Waals surface area (Å²) in [6.45, 7) is 3.44. The number of methoxy groups -OCH3 is 1. The first-order chi connectivity index (χ1) is 9.47. The van der Waals surface area contributed by atoms with Gasteiger partial charge in [-0.2, -0.15) is 0 Å². The first kappa shape index (κ1) is 14.5. The molecule has 0 bridgehead atoms. The first-order valence-electron chi connectivity index (χ1n) is 6.63. The van der Waals surface area contributed by atoms with Crippen LogP contribution in [0, 0.1) is 11.8 Å². The van der Waals surface area contributed by atoms with Crippen LogP contribution in [0.2, 0.25) is 0 Å². The first-order valence-corrected chi connectivity index (χ1v) is 6.63. The number of carbonyl (C=O) groups is 2. The van der Waals surface area contributed by atoms with E-state index in [1.54, 1.807) is 38.1 Å². The van der Waals surface area contributed by atoms with Gasteiger partial charge in [0.1, 0.15) is 11.9 Å². The van der Waals surface area contributed by atoms with E-state index in [2.05, 4.69) is 0 Å². The summed E-state index contributed by atoms with van der Waals surface area (Å²) in [5.74, 6) is -0.562. The van der Waals surface area contributed by atoms with E-state index in [0.717, 1.165) is 4.90 Å². The largest absolute Gasteiger partial charge is 0.496 e. The molecule has 5 nitrogen and oxygen atoms in total. The minimum Gasteiger partial charge on any atom is -0.496 e. The van der Waals surface area contributed by atoms with Crippen molar-refractivity contribution in [2.45, 2.75) is 20.0 Å². The number of aliphatic hydroxyl groups is 1. The van der Waals surface area contributed by atoms with Gasteiger partial charge in [0.2, 0.25) is 11.8 Å². The number of likely N-dealkylation sites (tertiary alicyclic amines) is 1. The monoisotopic (exact) mass is 277 g/mol. The van der Waals surface area contributed by atoms with E-state index in [-0.39, 0.29) is 30.2 Å². The van der Waals surface area contributed by atoms with Gasteiger partial charge in [-0.1, -0.05) is 32.0 Å². The van der Waals surface area contributed by atoms with Crippen molar-refractivity contribution in [1.29, 1.82) is 0 Å². The van der Waals surface area contributed by atoms with Gasteiger partial charge in [-0.3, -0.25) is 14.5 Å². The summed E-state index contributed by atoms with van der Waals surface area (Å²) in [6.07, 6.45) is -0.948. The maximum absolute atomic E-state index is 12.0. The molecule has 0 radical (unpaired) electrons. The minimum absolute atomic E-state index is 0.0350. The molecule has 2 rings (SSSR count). The van der Waals surface area contributed by atoms with Gasteiger partial charge in [0, 0.05) is 17.4 Å². The smallest absolute Gasteiger partial charge is 0.232 e. The maximum atomic E-state index is 12.0. The fraction of sp³-hybridized carbons (Fsp3) is 0.467. The molecule has 3 unspecified atom stereocenters. The van der Waals surface area contributed by atoms with Gasteiger partial charge in [0.25, 0.3) is 0 Å². The number of aliphatic hydroxyl groups excluding tert-OH is 1. The maximum Gasteiger partial charge on any atom is 0.232 e. The molecule has 3 atom stereocenters. The predicted molar refractivity (Wildman–Crippen MR) is 73.0 cm³/mol. The molecule has 1 heterocycles. The predicted octanol–water partition coefficient (Wildman–Crippen LogP) is 1.37. The third-order valence-electron chi connectivity index (χ3n) is 3.91. The van der Waals surface area contributed by atoms with Gasteiger partial charge in [0.05, 0.1) is 13.7 Å². The van der Waals surface area contributed by atoms with Crippen molar-refractivity contribution in [3.8, 4) is 5.75 Å². The highest BCUT2D eigenvalue weighted by atomic mass is 16.5. The molecule has 0 spiro atoms. The normalized spacial score (nSPS) is 24.1. The van der Waals surface area contributed by atoms with Crippen molar-refractivity contribution in [2.24, 2.45) is 11.8 Å². The lowest BCUT2D eigenvalue weighted by Crippen LogP contribution is -2.34. The molecule has 1 saturated heterocycles. The van der Waals surface area contributed by atoms with E-state index in [1.165, 1.54) is 7.11 Å². The van der Waals surface area contributed by atoms with Crippen LogP contribution in [0.4, 0.5) is 0 Å². The molecule has 1 fully saturated rings. The summed E-state index contributed by atoms with van der Waals surface area (Å²) in [4.78, 5) is 25.2. The average molecular weight is 277 g/mol. The quantitative estimate of drug-likeness (QED) is 0.844. The molecule has 1 aromatic carbocycles. The van der Waals surface area contributed by atoms with Crippen molar-refractivity contribution in [3.63, 3.8) is 0 Å². The van der Waals surface area contributed by atoms with E-state index in [1.807, 2.05) is 0 Å². The molecule has 1 aromatic rings. The van der Waals surface area contributed by atoms with Crippen LogP contribution in [0.5, 0.6) is 5.75 Å². The molecule has 5 heteroatoms. The van der Waals surface area contributed by atoms with Gasteiger partial charge in [-0.05, 0) is 6.07 Å². The number of rotatable bonds is 4. The third-order valence-corrected chi connectivity index (χ3v) is 3.91. The summed E-state index contributed by atoms with van der Waals surface area (Å²) >= 11 is 0. The number of nitrogens with zero attached hydrogens (tertiary/aromatic N) is 1. The third kappa shape index (κ3) is 2.41. The molecule has 20 heavy (non-hydrogen) atoms. The molecule has 1 N–H and O–H groups in total. The number of imide groups is 1. The Morgan fingerprint density at radius 2 is 1.75 bits per heavy atom. The number of para-hydroxylation sites is 1. The van der Waals surface area contributed by atoms with Crippen molar-refractivity contribution >= 4 is 11.8 Å². The van der Waals surface area contributed by atoms with Crippen LogP contribution in [0.15, 0.2) is 24.3 Å². The summed E-state index contributed by atoms with van der Waals surface area (Å²) in [5.41, 5.74) is 0.572. The zero-order valence-electron chi connectivity index (χ0n) is 11.9. The number of benzene rings is 1. The van der Waals surface area contributed by atoms with Crippen LogP contribution in [0.1, 0.15) is 25.5 Å². The Morgan fingerprint density at radius 1 is 1.20 bits per heavy atom. The SMILES string of the molecule is COc1ccccc1C(O)CN1C(=O)C(C)C(C)C1=O. The van der Waals surface area contributed by atoms with E-state index in [4.69, 9.17) is 4.74 Å². The number of β-amino-alcohol motifs (C(OH)–C–C–N with tert-alkyl or cyclic N) is 1. The van der Waals surface area contributed by atoms with E-state index in [9.17, 15) is 14.7 Å². The average Bonchev–Trinajstić information content (AvgIpc) is 2.65. The van der Waals surface area contributed by atoms with E-state index >= 15 is 0 Å². The number of hydrogen-bond acceptors (Lipinski definition) is 4. The molecule has 1 aliphatic heterocycles. The second kappa shape index (κ2) is 5.63. The molecule has 0 aromatic heterocycles. The van der Waals surface area contributed by atoms with Gasteiger partial charge in [0.15, 0.2) is 0 Å². The van der Waals surface area contributed by atoms with Crippen LogP contribution in [-0.4, -0.2) is 35.5 Å². The van der Waals surface area contributed by atoms with Gasteiger partial charge in [-0.15, -0.1) is 0 Å². The summed E-state index contributed by atoms with van der Waals surface area (Å²) < 4.78 is 5.18. The molecule has 2 amide bonds. The van der Waals surface area contributed by atoms with E-state index < -0.39 is 6.10 Å². The number of carbonyl (C=O) groups excluding carboxylic acids is 2. The summed E-state index contributed by atoms with van der Waals surface area (Å²) in [5, 5.41) is 10.3. The van der Waals surface area contributed by atoms with Crippen molar-refractivity contribution < 1.29 is 19.4 Å². The topological polar surface area (TPSA) is 66.8 Å². The van der Waals surface area contributed by atoms with Gasteiger partial charge in [-0.25, -0.2) is 0 Å². The lowest BCUT2D eigenvalue weighted by Gasteiger charge is -2.20. The molecular weight excluding hydrogens is 258 g/mol. The van der Waals surface area contributed by atoms with Crippen LogP contribution < -0.4 is 4.74 Å². The van der Waals surface area contributed by atoms with Gasteiger partial charge >= 0.3 is 0 Å². The number of ether oxygens (including phenoxy) is 1. The Bertz CT molecular complexity index is 508. The molecular formula is C15H19NO4.